The summed E-state index contributed by atoms with van der Waals surface area (Å²) in [4.78, 5) is 4.00. The maximum Gasteiger partial charge on any atom is 0.169 e. The number of pyridine rings is 1. The Hall–Kier alpha value is -1.91. The van der Waals surface area contributed by atoms with Gasteiger partial charge in [0.1, 0.15) is 0 Å². The normalized spacial score (nSPS) is 10.6. The molecular formula is C12H17N5. The first-order valence-corrected chi connectivity index (χ1v) is 5.88. The van der Waals surface area contributed by atoms with Crippen LogP contribution in [0, 0.1) is 0 Å². The van der Waals surface area contributed by atoms with Crippen LogP contribution < -0.4 is 5.73 Å². The molecule has 0 aliphatic heterocycles. The lowest BCUT2D eigenvalue weighted by molar-refractivity contribution is 0.561. The Morgan fingerprint density at radius 3 is 2.71 bits per heavy atom. The molecule has 0 fully saturated rings. The van der Waals surface area contributed by atoms with E-state index in [9.17, 15) is 0 Å². The van der Waals surface area contributed by atoms with Gasteiger partial charge in [-0.2, -0.15) is 0 Å². The van der Waals surface area contributed by atoms with E-state index >= 15 is 0 Å². The van der Waals surface area contributed by atoms with Crippen molar-refractivity contribution in [3.63, 3.8) is 0 Å². The first-order valence-electron chi connectivity index (χ1n) is 5.88. The molecular weight excluding hydrogens is 214 g/mol. The Balaban J connectivity index is 2.04. The highest BCUT2D eigenvalue weighted by atomic mass is 15.4. The summed E-state index contributed by atoms with van der Waals surface area (Å²) in [6, 6.07) is 4.03. The van der Waals surface area contributed by atoms with Gasteiger partial charge in [-0.15, -0.1) is 5.10 Å². The summed E-state index contributed by atoms with van der Waals surface area (Å²) in [7, 11) is 0. The third-order valence-electron chi connectivity index (χ3n) is 2.72. The monoisotopic (exact) mass is 231 g/mol. The molecule has 0 spiro atoms. The number of nitrogens with zero attached hydrogens (tertiary/aromatic N) is 4. The maximum atomic E-state index is 5.79. The maximum absolute atomic E-state index is 5.79. The van der Waals surface area contributed by atoms with Gasteiger partial charge >= 0.3 is 0 Å². The number of anilines is 1. The Morgan fingerprint density at radius 2 is 2.00 bits per heavy atom. The van der Waals surface area contributed by atoms with Crippen LogP contribution in [0.4, 0.5) is 5.82 Å². The number of nitrogen functional groups attached to an aromatic ring is 1. The van der Waals surface area contributed by atoms with Crippen molar-refractivity contribution < 1.29 is 0 Å². The average molecular weight is 231 g/mol. The summed E-state index contributed by atoms with van der Waals surface area (Å²) in [5, 5.41) is 8.00. The van der Waals surface area contributed by atoms with E-state index in [4.69, 9.17) is 5.73 Å². The van der Waals surface area contributed by atoms with Crippen LogP contribution in [0.2, 0.25) is 0 Å². The Labute approximate surface area is 101 Å². The summed E-state index contributed by atoms with van der Waals surface area (Å²) >= 11 is 0. The van der Waals surface area contributed by atoms with Gasteiger partial charge in [-0.1, -0.05) is 18.6 Å². The zero-order valence-electron chi connectivity index (χ0n) is 10.0. The number of nitrogens with two attached hydrogens (primary N) is 1. The van der Waals surface area contributed by atoms with Crippen molar-refractivity contribution in [1.82, 2.24) is 20.0 Å². The molecule has 0 unspecified atom stereocenters. The Bertz CT molecular complexity index is 463. The summed E-state index contributed by atoms with van der Waals surface area (Å²) in [6.07, 6.45) is 6.50. The van der Waals surface area contributed by atoms with Crippen molar-refractivity contribution in [2.45, 2.75) is 32.7 Å². The third-order valence-corrected chi connectivity index (χ3v) is 2.72. The molecule has 0 aromatic carbocycles. The summed E-state index contributed by atoms with van der Waals surface area (Å²) in [5.74, 6) is 0.557. The van der Waals surface area contributed by atoms with Crippen LogP contribution in [0.15, 0.2) is 24.5 Å². The van der Waals surface area contributed by atoms with Gasteiger partial charge in [0.25, 0.3) is 0 Å². The lowest BCUT2D eigenvalue weighted by atomic mass is 10.2. The SMILES string of the molecule is CCCc1c(N)nnn1CCc1ccncc1. The second-order valence-electron chi connectivity index (χ2n) is 4.00. The molecule has 2 heterocycles. The number of hydrogen-bond acceptors (Lipinski definition) is 4. The molecule has 0 aliphatic carbocycles. The molecule has 90 valence electrons. The van der Waals surface area contributed by atoms with Crippen LogP contribution in [0.25, 0.3) is 0 Å². The largest absolute Gasteiger partial charge is 0.381 e. The van der Waals surface area contributed by atoms with Crippen molar-refractivity contribution >= 4 is 5.82 Å². The van der Waals surface area contributed by atoms with Crippen molar-refractivity contribution in [3.8, 4) is 0 Å². The van der Waals surface area contributed by atoms with E-state index in [2.05, 4.69) is 22.2 Å². The zero-order chi connectivity index (χ0) is 12.1. The predicted octanol–water partition coefficient (Wildman–Crippen LogP) is 1.45. The Morgan fingerprint density at radius 1 is 1.24 bits per heavy atom. The first-order chi connectivity index (χ1) is 8.31. The minimum absolute atomic E-state index is 0.557. The minimum atomic E-state index is 0.557. The van der Waals surface area contributed by atoms with Gasteiger partial charge in [0.15, 0.2) is 5.82 Å². The highest BCUT2D eigenvalue weighted by Crippen LogP contribution is 2.11. The zero-order valence-corrected chi connectivity index (χ0v) is 10.0. The molecule has 0 atom stereocenters. The Kier molecular flexibility index (Phi) is 3.69. The van der Waals surface area contributed by atoms with Gasteiger partial charge in [0, 0.05) is 18.9 Å². The molecule has 0 saturated carbocycles. The van der Waals surface area contributed by atoms with Gasteiger partial charge < -0.3 is 5.73 Å². The van der Waals surface area contributed by atoms with Crippen molar-refractivity contribution in [2.24, 2.45) is 0 Å². The smallest absolute Gasteiger partial charge is 0.169 e. The standard InChI is InChI=1S/C12H17N5/c1-2-3-11-12(13)15-16-17(11)9-6-10-4-7-14-8-5-10/h4-5,7-8H,2-3,6,9,13H2,1H3. The summed E-state index contributed by atoms with van der Waals surface area (Å²) in [5.41, 5.74) is 8.08. The topological polar surface area (TPSA) is 69.6 Å². The van der Waals surface area contributed by atoms with Crippen LogP contribution in [0.1, 0.15) is 24.6 Å². The van der Waals surface area contributed by atoms with Crippen LogP contribution in [0.5, 0.6) is 0 Å². The van der Waals surface area contributed by atoms with Gasteiger partial charge in [-0.05, 0) is 30.5 Å². The fourth-order valence-electron chi connectivity index (χ4n) is 1.80. The molecule has 0 amide bonds. The number of aromatic nitrogens is 4. The molecule has 2 aromatic rings. The number of rotatable bonds is 5. The van der Waals surface area contributed by atoms with Gasteiger partial charge in [0.05, 0.1) is 5.69 Å². The fourth-order valence-corrected chi connectivity index (χ4v) is 1.80. The van der Waals surface area contributed by atoms with Crippen LogP contribution in [0.3, 0.4) is 0 Å². The molecule has 17 heavy (non-hydrogen) atoms. The van der Waals surface area contributed by atoms with Crippen LogP contribution >= 0.6 is 0 Å². The highest BCUT2D eigenvalue weighted by molar-refractivity contribution is 5.32. The molecule has 0 bridgehead atoms. The molecule has 2 N–H and O–H groups in total. The number of hydrogen-bond donors (Lipinski definition) is 1. The molecule has 5 heteroatoms. The molecule has 2 rings (SSSR count). The first kappa shape index (κ1) is 11.6. The summed E-state index contributed by atoms with van der Waals surface area (Å²) < 4.78 is 1.90. The minimum Gasteiger partial charge on any atom is -0.381 e. The van der Waals surface area contributed by atoms with Crippen LogP contribution in [-0.4, -0.2) is 20.0 Å². The lowest BCUT2D eigenvalue weighted by Gasteiger charge is -2.05. The quantitative estimate of drug-likeness (QED) is 0.845. The van der Waals surface area contributed by atoms with Crippen LogP contribution in [-0.2, 0) is 19.4 Å². The van der Waals surface area contributed by atoms with Crippen molar-refractivity contribution in [2.75, 3.05) is 5.73 Å². The van der Waals surface area contributed by atoms with E-state index in [1.807, 2.05) is 16.8 Å². The predicted molar refractivity (Wildman–Crippen MR) is 66.4 cm³/mol. The van der Waals surface area contributed by atoms with E-state index in [-0.39, 0.29) is 0 Å². The number of aryl methyl sites for hydroxylation is 2. The van der Waals surface area contributed by atoms with E-state index in [1.54, 1.807) is 12.4 Å². The third kappa shape index (κ3) is 2.81. The van der Waals surface area contributed by atoms with E-state index in [1.165, 1.54) is 5.56 Å². The van der Waals surface area contributed by atoms with E-state index < -0.39 is 0 Å². The summed E-state index contributed by atoms with van der Waals surface area (Å²) in [6.45, 7) is 2.93. The molecule has 0 aliphatic rings. The van der Waals surface area contributed by atoms with E-state index in [0.29, 0.717) is 5.82 Å². The van der Waals surface area contributed by atoms with Crippen molar-refractivity contribution in [3.05, 3.63) is 35.8 Å². The van der Waals surface area contributed by atoms with Gasteiger partial charge in [-0.3, -0.25) is 4.98 Å². The molecule has 0 radical (unpaired) electrons. The second-order valence-corrected chi connectivity index (χ2v) is 4.00. The second kappa shape index (κ2) is 5.43. The lowest BCUT2D eigenvalue weighted by Crippen LogP contribution is -2.08. The average Bonchev–Trinajstić information content (AvgIpc) is 2.70. The van der Waals surface area contributed by atoms with Crippen molar-refractivity contribution in [1.29, 1.82) is 0 Å². The van der Waals surface area contributed by atoms with Gasteiger partial charge in [0.2, 0.25) is 0 Å². The molecule has 0 saturated heterocycles. The van der Waals surface area contributed by atoms with E-state index in [0.717, 1.165) is 31.5 Å². The molecule has 5 nitrogen and oxygen atoms in total. The fraction of sp³-hybridized carbons (Fsp3) is 0.417. The highest BCUT2D eigenvalue weighted by Gasteiger charge is 2.08. The van der Waals surface area contributed by atoms with Gasteiger partial charge in [-0.25, -0.2) is 4.68 Å². The molecule has 2 aromatic heterocycles.